The van der Waals surface area contributed by atoms with Crippen molar-refractivity contribution in [3.05, 3.63) is 60.2 Å². The third-order valence-electron chi connectivity index (χ3n) is 3.71. The van der Waals surface area contributed by atoms with Gasteiger partial charge in [0, 0.05) is 18.3 Å². The van der Waals surface area contributed by atoms with Crippen molar-refractivity contribution in [1.29, 1.82) is 0 Å². The van der Waals surface area contributed by atoms with E-state index in [1.807, 2.05) is 0 Å². The maximum absolute atomic E-state index is 13.0. The number of rotatable bonds is 5. The van der Waals surface area contributed by atoms with E-state index < -0.39 is 0 Å². The molecule has 1 heterocycles. The Morgan fingerprint density at radius 2 is 1.84 bits per heavy atom. The highest BCUT2D eigenvalue weighted by molar-refractivity contribution is 5.93. The fraction of sp³-hybridized carbons (Fsp3) is 0.167. The standard InChI is InChI=1S/C18H16FN3O3/c1-22(14-7-5-13(19)6-8-14)17(23)11-16-20-18(21-25-16)12-3-9-15(24-2)10-4-12/h3-10H,11H2,1-2H3. The Labute approximate surface area is 143 Å². The second-order valence-electron chi connectivity index (χ2n) is 5.35. The zero-order valence-corrected chi connectivity index (χ0v) is 13.8. The highest BCUT2D eigenvalue weighted by Crippen LogP contribution is 2.20. The molecule has 0 bridgehead atoms. The number of nitrogens with zero attached hydrogens (tertiary/aromatic N) is 3. The van der Waals surface area contributed by atoms with Gasteiger partial charge in [-0.25, -0.2) is 4.39 Å². The molecule has 0 radical (unpaired) electrons. The average Bonchev–Trinajstić information content (AvgIpc) is 3.10. The van der Waals surface area contributed by atoms with Crippen molar-refractivity contribution in [3.63, 3.8) is 0 Å². The SMILES string of the molecule is COc1ccc(-c2noc(CC(=O)N(C)c3ccc(F)cc3)n2)cc1. The van der Waals surface area contributed by atoms with Crippen molar-refractivity contribution in [3.8, 4) is 17.1 Å². The molecule has 0 aliphatic carbocycles. The van der Waals surface area contributed by atoms with Gasteiger partial charge in [-0.3, -0.25) is 4.79 Å². The number of halogens is 1. The van der Waals surface area contributed by atoms with Crippen LogP contribution in [0.25, 0.3) is 11.4 Å². The van der Waals surface area contributed by atoms with Gasteiger partial charge in [0.2, 0.25) is 17.6 Å². The minimum Gasteiger partial charge on any atom is -0.497 e. The molecule has 2 aromatic carbocycles. The minimum absolute atomic E-state index is 0.0446. The summed E-state index contributed by atoms with van der Waals surface area (Å²) in [6.07, 6.45) is -0.0446. The number of hydrogen-bond acceptors (Lipinski definition) is 5. The molecule has 0 aliphatic heterocycles. The van der Waals surface area contributed by atoms with Crippen LogP contribution < -0.4 is 9.64 Å². The number of carbonyl (C=O) groups is 1. The van der Waals surface area contributed by atoms with E-state index in [0.717, 1.165) is 11.3 Å². The molecule has 0 fully saturated rings. The smallest absolute Gasteiger partial charge is 0.236 e. The molecule has 3 aromatic rings. The Morgan fingerprint density at radius 3 is 2.48 bits per heavy atom. The fourth-order valence-corrected chi connectivity index (χ4v) is 2.24. The van der Waals surface area contributed by atoms with Crippen LogP contribution in [-0.4, -0.2) is 30.2 Å². The van der Waals surface area contributed by atoms with E-state index in [2.05, 4.69) is 10.1 Å². The Morgan fingerprint density at radius 1 is 1.16 bits per heavy atom. The van der Waals surface area contributed by atoms with Crippen LogP contribution in [0.4, 0.5) is 10.1 Å². The molecular formula is C18H16FN3O3. The van der Waals surface area contributed by atoms with Gasteiger partial charge in [0.05, 0.1) is 7.11 Å². The molecule has 1 amide bonds. The lowest BCUT2D eigenvalue weighted by Crippen LogP contribution is -2.27. The first-order valence-corrected chi connectivity index (χ1v) is 7.56. The lowest BCUT2D eigenvalue weighted by Gasteiger charge is -2.16. The zero-order chi connectivity index (χ0) is 17.8. The molecule has 0 unspecified atom stereocenters. The van der Waals surface area contributed by atoms with E-state index >= 15 is 0 Å². The predicted octanol–water partition coefficient (Wildman–Crippen LogP) is 3.09. The van der Waals surface area contributed by atoms with Crippen LogP contribution >= 0.6 is 0 Å². The van der Waals surface area contributed by atoms with Gasteiger partial charge in [-0.05, 0) is 48.5 Å². The first-order chi connectivity index (χ1) is 12.1. The van der Waals surface area contributed by atoms with E-state index in [1.54, 1.807) is 38.4 Å². The van der Waals surface area contributed by atoms with E-state index in [1.165, 1.54) is 29.2 Å². The lowest BCUT2D eigenvalue weighted by atomic mass is 10.2. The van der Waals surface area contributed by atoms with Gasteiger partial charge in [-0.2, -0.15) is 4.98 Å². The molecule has 0 N–H and O–H groups in total. The number of aromatic nitrogens is 2. The van der Waals surface area contributed by atoms with Crippen LogP contribution in [0.15, 0.2) is 53.1 Å². The number of methoxy groups -OCH3 is 1. The Bertz CT molecular complexity index is 860. The quantitative estimate of drug-likeness (QED) is 0.713. The monoisotopic (exact) mass is 341 g/mol. The third-order valence-corrected chi connectivity index (χ3v) is 3.71. The molecule has 1 aromatic heterocycles. The van der Waals surface area contributed by atoms with Crippen molar-refractivity contribution < 1.29 is 18.4 Å². The van der Waals surface area contributed by atoms with Crippen molar-refractivity contribution in [2.75, 3.05) is 19.1 Å². The molecule has 128 valence electrons. The zero-order valence-electron chi connectivity index (χ0n) is 13.8. The van der Waals surface area contributed by atoms with Crippen LogP contribution in [0.3, 0.4) is 0 Å². The molecular weight excluding hydrogens is 325 g/mol. The summed E-state index contributed by atoms with van der Waals surface area (Å²) < 4.78 is 23.2. The van der Waals surface area contributed by atoms with Gasteiger partial charge in [0.15, 0.2) is 0 Å². The molecule has 0 saturated heterocycles. The van der Waals surface area contributed by atoms with E-state index in [9.17, 15) is 9.18 Å². The van der Waals surface area contributed by atoms with Crippen LogP contribution in [0, 0.1) is 5.82 Å². The molecule has 0 aliphatic rings. The summed E-state index contributed by atoms with van der Waals surface area (Å²) in [6, 6.07) is 12.9. The van der Waals surface area contributed by atoms with Crippen LogP contribution in [0.5, 0.6) is 5.75 Å². The summed E-state index contributed by atoms with van der Waals surface area (Å²) in [7, 11) is 3.20. The summed E-state index contributed by atoms with van der Waals surface area (Å²) in [5, 5.41) is 3.89. The largest absolute Gasteiger partial charge is 0.497 e. The fourth-order valence-electron chi connectivity index (χ4n) is 2.24. The third kappa shape index (κ3) is 3.82. The van der Waals surface area contributed by atoms with Gasteiger partial charge in [-0.1, -0.05) is 5.16 Å². The predicted molar refractivity (Wildman–Crippen MR) is 89.8 cm³/mol. The van der Waals surface area contributed by atoms with Crippen LogP contribution in [0.1, 0.15) is 5.89 Å². The van der Waals surface area contributed by atoms with E-state index in [4.69, 9.17) is 9.26 Å². The van der Waals surface area contributed by atoms with E-state index in [0.29, 0.717) is 11.5 Å². The summed E-state index contributed by atoms with van der Waals surface area (Å²) >= 11 is 0. The number of carbonyl (C=O) groups excluding carboxylic acids is 1. The van der Waals surface area contributed by atoms with E-state index in [-0.39, 0.29) is 24.0 Å². The van der Waals surface area contributed by atoms with Gasteiger partial charge < -0.3 is 14.2 Å². The molecule has 0 saturated carbocycles. The van der Waals surface area contributed by atoms with Gasteiger partial charge >= 0.3 is 0 Å². The number of amides is 1. The minimum atomic E-state index is -0.356. The maximum atomic E-state index is 13.0. The Kier molecular flexibility index (Phi) is 4.74. The summed E-state index contributed by atoms with van der Waals surface area (Å²) in [4.78, 5) is 18.0. The molecule has 25 heavy (non-hydrogen) atoms. The highest BCUT2D eigenvalue weighted by Gasteiger charge is 2.17. The molecule has 0 spiro atoms. The highest BCUT2D eigenvalue weighted by atomic mass is 19.1. The summed E-state index contributed by atoms with van der Waals surface area (Å²) in [5.41, 5.74) is 1.34. The second-order valence-corrected chi connectivity index (χ2v) is 5.35. The van der Waals surface area contributed by atoms with Crippen LogP contribution in [-0.2, 0) is 11.2 Å². The maximum Gasteiger partial charge on any atom is 0.236 e. The van der Waals surface area contributed by atoms with Crippen molar-refractivity contribution in [2.45, 2.75) is 6.42 Å². The first-order valence-electron chi connectivity index (χ1n) is 7.56. The molecule has 6 nitrogen and oxygen atoms in total. The summed E-state index contributed by atoms with van der Waals surface area (Å²) in [6.45, 7) is 0. The summed E-state index contributed by atoms with van der Waals surface area (Å²) in [5.74, 6) is 0.741. The number of likely N-dealkylation sites (N-methyl/N-ethyl adjacent to an activating group) is 1. The van der Waals surface area contributed by atoms with Gasteiger partial charge in [0.1, 0.15) is 18.0 Å². The first kappa shape index (κ1) is 16.6. The van der Waals surface area contributed by atoms with Crippen LogP contribution in [0.2, 0.25) is 0 Å². The molecule has 0 atom stereocenters. The second kappa shape index (κ2) is 7.12. The van der Waals surface area contributed by atoms with Gasteiger partial charge in [0.25, 0.3) is 0 Å². The van der Waals surface area contributed by atoms with Crippen molar-refractivity contribution in [1.82, 2.24) is 10.1 Å². The number of hydrogen-bond donors (Lipinski definition) is 0. The number of anilines is 1. The van der Waals surface area contributed by atoms with Crippen molar-refractivity contribution >= 4 is 11.6 Å². The average molecular weight is 341 g/mol. The number of ether oxygens (including phenoxy) is 1. The molecule has 7 heteroatoms. The number of benzene rings is 2. The molecule has 3 rings (SSSR count). The van der Waals surface area contributed by atoms with Crippen molar-refractivity contribution in [2.24, 2.45) is 0 Å². The Balaban J connectivity index is 1.69. The normalized spacial score (nSPS) is 10.5. The van der Waals surface area contributed by atoms with Gasteiger partial charge in [-0.15, -0.1) is 0 Å². The lowest BCUT2D eigenvalue weighted by molar-refractivity contribution is -0.118. The topological polar surface area (TPSA) is 68.5 Å². The Hall–Kier alpha value is -3.22.